The van der Waals surface area contributed by atoms with Crippen LogP contribution >= 0.6 is 23.2 Å². The quantitative estimate of drug-likeness (QED) is 0.637. The first-order valence-electron chi connectivity index (χ1n) is 6.35. The predicted octanol–water partition coefficient (Wildman–Crippen LogP) is 4.95. The van der Waals surface area contributed by atoms with Crippen LogP contribution in [0.4, 0.5) is 0 Å². The molecule has 0 saturated heterocycles. The lowest BCUT2D eigenvalue weighted by atomic mass is 9.93. The number of fused-ring (bicyclic) bond motifs is 7. The molecule has 2 aromatic rings. The lowest BCUT2D eigenvalue weighted by Gasteiger charge is -2.12. The normalized spacial score (nSPS) is 33.0. The van der Waals surface area contributed by atoms with Crippen LogP contribution in [-0.2, 0) is 0 Å². The van der Waals surface area contributed by atoms with Crippen LogP contribution in [0.1, 0.15) is 40.0 Å². The maximum Gasteiger partial charge on any atom is 0.0595 e. The van der Waals surface area contributed by atoms with E-state index in [0.29, 0.717) is 21.9 Å². The van der Waals surface area contributed by atoms with Gasteiger partial charge in [0.25, 0.3) is 0 Å². The number of benzene rings is 2. The summed E-state index contributed by atoms with van der Waals surface area (Å²) in [5, 5.41) is 1.39. The molecule has 0 spiro atoms. The van der Waals surface area contributed by atoms with E-state index in [1.807, 2.05) is 0 Å². The fraction of sp³-hybridized carbons (Fsp3) is 0.250. The first-order chi connectivity index (χ1) is 8.77. The number of hydrogen-bond acceptors (Lipinski definition) is 0. The van der Waals surface area contributed by atoms with Crippen LogP contribution in [0.2, 0.25) is 10.0 Å². The molecule has 1 saturated carbocycles. The molecule has 3 aliphatic rings. The highest BCUT2D eigenvalue weighted by Gasteiger charge is 2.66. The minimum absolute atomic E-state index is 0.570. The molecule has 2 aromatic carbocycles. The summed E-state index contributed by atoms with van der Waals surface area (Å²) in [6, 6.07) is 13.1. The molecule has 0 heterocycles. The van der Waals surface area contributed by atoms with E-state index in [1.54, 1.807) is 5.56 Å². The molecule has 0 amide bonds. The number of halogens is 2. The standard InChI is InChI=1S/C16H10Cl2/c17-11-5-9-10(6-12(11)18)15-14-8-4-2-1-3-7(8)13(9)16(14)15/h1-6,13-16H/t13-,14-,15+,16-/m1/s1. The fourth-order valence-electron chi connectivity index (χ4n) is 4.37. The maximum absolute atomic E-state index is 6.19. The van der Waals surface area contributed by atoms with Crippen molar-refractivity contribution in [3.8, 4) is 0 Å². The zero-order valence-corrected chi connectivity index (χ0v) is 11.0. The topological polar surface area (TPSA) is 0 Å². The van der Waals surface area contributed by atoms with E-state index in [4.69, 9.17) is 23.2 Å². The molecule has 1 fully saturated rings. The Bertz CT molecular complexity index is 704. The van der Waals surface area contributed by atoms with Gasteiger partial charge in [0.05, 0.1) is 10.0 Å². The van der Waals surface area contributed by atoms with Gasteiger partial charge in [-0.1, -0.05) is 47.5 Å². The van der Waals surface area contributed by atoms with Crippen LogP contribution in [0.5, 0.6) is 0 Å². The van der Waals surface area contributed by atoms with Crippen molar-refractivity contribution in [3.05, 3.63) is 68.7 Å². The molecule has 0 N–H and O–H groups in total. The Morgan fingerprint density at radius 2 is 1.33 bits per heavy atom. The van der Waals surface area contributed by atoms with E-state index in [9.17, 15) is 0 Å². The van der Waals surface area contributed by atoms with E-state index < -0.39 is 0 Å². The first kappa shape index (κ1) is 9.89. The molecule has 0 aliphatic heterocycles. The highest BCUT2D eigenvalue weighted by atomic mass is 35.5. The van der Waals surface area contributed by atoms with Crippen molar-refractivity contribution in [1.82, 2.24) is 0 Å². The average molecular weight is 273 g/mol. The summed E-state index contributed by atoms with van der Waals surface area (Å²) in [5.41, 5.74) is 5.93. The fourth-order valence-corrected chi connectivity index (χ4v) is 4.71. The largest absolute Gasteiger partial charge is 0.0827 e. The Hall–Kier alpha value is -0.980. The van der Waals surface area contributed by atoms with E-state index in [0.717, 1.165) is 11.8 Å². The Balaban J connectivity index is 1.81. The maximum atomic E-state index is 6.19. The lowest BCUT2D eigenvalue weighted by molar-refractivity contribution is 0.750. The summed E-state index contributed by atoms with van der Waals surface area (Å²) in [6.45, 7) is 0. The summed E-state index contributed by atoms with van der Waals surface area (Å²) in [4.78, 5) is 0. The molecule has 0 nitrogen and oxygen atoms in total. The third kappa shape index (κ3) is 0.941. The molecule has 2 heteroatoms. The molecule has 88 valence electrons. The highest BCUT2D eigenvalue weighted by molar-refractivity contribution is 6.42. The molecule has 0 bridgehead atoms. The second-order valence-electron chi connectivity index (χ2n) is 5.63. The molecule has 3 aliphatic carbocycles. The molecule has 0 unspecified atom stereocenters. The van der Waals surface area contributed by atoms with Crippen molar-refractivity contribution in [2.45, 2.75) is 17.8 Å². The lowest BCUT2D eigenvalue weighted by Crippen LogP contribution is -1.97. The summed E-state index contributed by atoms with van der Waals surface area (Å²) >= 11 is 12.4. The predicted molar refractivity (Wildman–Crippen MR) is 73.7 cm³/mol. The van der Waals surface area contributed by atoms with E-state index in [2.05, 4.69) is 36.4 Å². The van der Waals surface area contributed by atoms with Crippen molar-refractivity contribution in [3.63, 3.8) is 0 Å². The molecule has 0 aromatic heterocycles. The Kier molecular flexibility index (Phi) is 1.62. The van der Waals surface area contributed by atoms with Gasteiger partial charge < -0.3 is 0 Å². The smallest absolute Gasteiger partial charge is 0.0595 e. The van der Waals surface area contributed by atoms with Gasteiger partial charge in [-0.25, -0.2) is 0 Å². The van der Waals surface area contributed by atoms with Gasteiger partial charge in [0.15, 0.2) is 0 Å². The summed E-state index contributed by atoms with van der Waals surface area (Å²) in [6.07, 6.45) is 0. The summed E-state index contributed by atoms with van der Waals surface area (Å²) in [7, 11) is 0. The van der Waals surface area contributed by atoms with E-state index in [1.165, 1.54) is 16.7 Å². The minimum atomic E-state index is 0.570. The first-order valence-corrected chi connectivity index (χ1v) is 7.10. The molecular formula is C16H10Cl2. The van der Waals surface area contributed by atoms with Gasteiger partial charge in [0.1, 0.15) is 0 Å². The molecule has 18 heavy (non-hydrogen) atoms. The van der Waals surface area contributed by atoms with Crippen molar-refractivity contribution >= 4 is 23.2 Å². The van der Waals surface area contributed by atoms with Gasteiger partial charge in [-0.2, -0.15) is 0 Å². The Morgan fingerprint density at radius 1 is 0.722 bits per heavy atom. The van der Waals surface area contributed by atoms with Gasteiger partial charge in [0.2, 0.25) is 0 Å². The van der Waals surface area contributed by atoms with Crippen LogP contribution in [0.25, 0.3) is 0 Å². The number of hydrogen-bond donors (Lipinski definition) is 0. The van der Waals surface area contributed by atoms with Crippen LogP contribution in [0.3, 0.4) is 0 Å². The number of rotatable bonds is 0. The molecule has 0 radical (unpaired) electrons. The molecule has 5 rings (SSSR count). The van der Waals surface area contributed by atoms with Crippen molar-refractivity contribution in [2.75, 3.05) is 0 Å². The second-order valence-corrected chi connectivity index (χ2v) is 6.45. The second kappa shape index (κ2) is 2.95. The van der Waals surface area contributed by atoms with Gasteiger partial charge in [-0.15, -0.1) is 0 Å². The Labute approximate surface area is 116 Å². The summed E-state index contributed by atoms with van der Waals surface area (Å²) in [5.74, 6) is 2.80. The van der Waals surface area contributed by atoms with E-state index in [-0.39, 0.29) is 0 Å². The van der Waals surface area contributed by atoms with Gasteiger partial charge in [0, 0.05) is 5.92 Å². The van der Waals surface area contributed by atoms with Crippen molar-refractivity contribution < 1.29 is 0 Å². The molecular weight excluding hydrogens is 263 g/mol. The summed E-state index contributed by atoms with van der Waals surface area (Å²) < 4.78 is 0. The van der Waals surface area contributed by atoms with Gasteiger partial charge in [-0.05, 0) is 52.1 Å². The van der Waals surface area contributed by atoms with Crippen LogP contribution in [0, 0.1) is 5.92 Å². The highest BCUT2D eigenvalue weighted by Crippen LogP contribution is 2.78. The van der Waals surface area contributed by atoms with Crippen LogP contribution in [-0.4, -0.2) is 0 Å². The SMILES string of the molecule is Clc1cc2c(cc1Cl)[C@H]1[C@H]3c4ccccc4[C@H]2[C@H]31. The van der Waals surface area contributed by atoms with Gasteiger partial charge >= 0.3 is 0 Å². The minimum Gasteiger partial charge on any atom is -0.0827 e. The van der Waals surface area contributed by atoms with E-state index >= 15 is 0 Å². The van der Waals surface area contributed by atoms with Crippen molar-refractivity contribution in [1.29, 1.82) is 0 Å². The zero-order chi connectivity index (χ0) is 12.0. The monoisotopic (exact) mass is 272 g/mol. The third-order valence-corrected chi connectivity index (χ3v) is 5.69. The third-order valence-electron chi connectivity index (χ3n) is 4.97. The Morgan fingerprint density at radius 3 is 2.11 bits per heavy atom. The average Bonchev–Trinajstić information content (AvgIpc) is 2.92. The molecule has 4 atom stereocenters. The van der Waals surface area contributed by atoms with Crippen LogP contribution < -0.4 is 0 Å². The van der Waals surface area contributed by atoms with Gasteiger partial charge in [-0.3, -0.25) is 0 Å². The zero-order valence-electron chi connectivity index (χ0n) is 9.53. The van der Waals surface area contributed by atoms with Crippen molar-refractivity contribution in [2.24, 2.45) is 5.92 Å². The van der Waals surface area contributed by atoms with Crippen LogP contribution in [0.15, 0.2) is 36.4 Å².